The van der Waals surface area contributed by atoms with Gasteiger partial charge >= 0.3 is 6.09 Å². The molecule has 9 nitrogen and oxygen atoms in total. The van der Waals surface area contributed by atoms with Crippen LogP contribution >= 0.6 is 15.9 Å². The van der Waals surface area contributed by atoms with Crippen LogP contribution in [0.5, 0.6) is 11.5 Å². The Morgan fingerprint density at radius 1 is 1.16 bits per heavy atom. The van der Waals surface area contributed by atoms with Crippen LogP contribution in [0.2, 0.25) is 0 Å². The fraction of sp³-hybridized carbons (Fsp3) is 0.536. The van der Waals surface area contributed by atoms with E-state index in [2.05, 4.69) is 26.2 Å². The number of rotatable bonds is 4. The molecule has 38 heavy (non-hydrogen) atoms. The SMILES string of the molecule is Cc1cc(C)c(CNC(=O)c2cc(Br)c3c(c2C)O[C@@](C)(C2CCN(C(=O)OC(C)(C)C)CC2)O3)c(=O)[nH]1. The number of aryl methyl sites for hydroxylation is 2. The Hall–Kier alpha value is -3.01. The summed E-state index contributed by atoms with van der Waals surface area (Å²) in [5.74, 6) is -0.133. The molecular weight excluding hydrogens is 554 g/mol. The van der Waals surface area contributed by atoms with Crippen LogP contribution in [0.1, 0.15) is 73.3 Å². The lowest BCUT2D eigenvalue weighted by Crippen LogP contribution is -2.50. The van der Waals surface area contributed by atoms with E-state index in [1.54, 1.807) is 11.0 Å². The number of carbonyl (C=O) groups is 2. The van der Waals surface area contributed by atoms with E-state index in [-0.39, 0.29) is 30.0 Å². The molecule has 1 atom stereocenters. The van der Waals surface area contributed by atoms with Crippen molar-refractivity contribution in [3.8, 4) is 11.5 Å². The third kappa shape index (κ3) is 5.70. The highest BCUT2D eigenvalue weighted by atomic mass is 79.9. The third-order valence-electron chi connectivity index (χ3n) is 7.10. The minimum Gasteiger partial charge on any atom is -0.448 e. The second kappa shape index (κ2) is 10.3. The number of nitrogens with zero attached hydrogens (tertiary/aromatic N) is 1. The van der Waals surface area contributed by atoms with Gasteiger partial charge in [-0.15, -0.1) is 0 Å². The number of piperidine rings is 1. The predicted molar refractivity (Wildman–Crippen MR) is 147 cm³/mol. The number of aromatic amines is 1. The number of halogens is 1. The van der Waals surface area contributed by atoms with E-state index < -0.39 is 11.4 Å². The fourth-order valence-electron chi connectivity index (χ4n) is 5.03. The summed E-state index contributed by atoms with van der Waals surface area (Å²) in [7, 11) is 0. The number of fused-ring (bicyclic) bond motifs is 1. The molecule has 1 saturated heterocycles. The Morgan fingerprint density at radius 2 is 1.79 bits per heavy atom. The van der Waals surface area contributed by atoms with Gasteiger partial charge in [0.05, 0.1) is 4.47 Å². The standard InChI is InChI=1S/C28H36BrN3O6/c1-15-12-16(2)31-25(34)20(15)14-30-24(33)19-13-21(29)23-22(17(19)3)36-28(7,37-23)18-8-10-32(11-9-18)26(35)38-27(4,5)6/h12-13,18H,8-11,14H2,1-7H3,(H,30,33)(H,31,34)/t28-/m1/s1. The summed E-state index contributed by atoms with van der Waals surface area (Å²) in [6.07, 6.45) is 1.07. The summed E-state index contributed by atoms with van der Waals surface area (Å²) >= 11 is 3.55. The van der Waals surface area contributed by atoms with Gasteiger partial charge in [0, 0.05) is 54.9 Å². The van der Waals surface area contributed by atoms with Gasteiger partial charge in [0.25, 0.3) is 17.3 Å². The zero-order valence-electron chi connectivity index (χ0n) is 23.0. The first-order valence-electron chi connectivity index (χ1n) is 12.8. The van der Waals surface area contributed by atoms with Gasteiger partial charge in [-0.3, -0.25) is 9.59 Å². The topological polar surface area (TPSA) is 110 Å². The summed E-state index contributed by atoms with van der Waals surface area (Å²) in [6, 6.07) is 3.60. The average Bonchev–Trinajstić information content (AvgIpc) is 3.19. The lowest BCUT2D eigenvalue weighted by molar-refractivity contribution is -0.124. The molecule has 1 fully saturated rings. The van der Waals surface area contributed by atoms with Crippen LogP contribution in [0.15, 0.2) is 21.4 Å². The Balaban J connectivity index is 1.46. The van der Waals surface area contributed by atoms with Crippen LogP contribution < -0.4 is 20.3 Å². The number of hydrogen-bond acceptors (Lipinski definition) is 6. The summed E-state index contributed by atoms with van der Waals surface area (Å²) in [5, 5.41) is 2.87. The number of carbonyl (C=O) groups excluding carboxylic acids is 2. The van der Waals surface area contributed by atoms with Crippen molar-refractivity contribution < 1.29 is 23.8 Å². The highest BCUT2D eigenvalue weighted by Crippen LogP contribution is 2.51. The van der Waals surface area contributed by atoms with Gasteiger partial charge in [-0.1, -0.05) is 0 Å². The Morgan fingerprint density at radius 3 is 2.39 bits per heavy atom. The van der Waals surface area contributed by atoms with Crippen LogP contribution in [-0.4, -0.2) is 46.4 Å². The zero-order valence-corrected chi connectivity index (χ0v) is 24.6. The molecule has 4 rings (SSSR count). The van der Waals surface area contributed by atoms with Crippen LogP contribution in [0.3, 0.4) is 0 Å². The van der Waals surface area contributed by atoms with E-state index >= 15 is 0 Å². The predicted octanol–water partition coefficient (Wildman–Crippen LogP) is 5.13. The molecule has 0 radical (unpaired) electrons. The lowest BCUT2D eigenvalue weighted by Gasteiger charge is -2.39. The lowest BCUT2D eigenvalue weighted by atomic mass is 9.89. The van der Waals surface area contributed by atoms with Crippen LogP contribution in [0, 0.1) is 26.7 Å². The van der Waals surface area contributed by atoms with Gasteiger partial charge in [-0.2, -0.15) is 0 Å². The van der Waals surface area contributed by atoms with Gasteiger partial charge < -0.3 is 29.4 Å². The van der Waals surface area contributed by atoms with Gasteiger partial charge in [0.15, 0.2) is 11.5 Å². The monoisotopic (exact) mass is 589 g/mol. The number of ether oxygens (including phenoxy) is 3. The molecule has 10 heteroatoms. The van der Waals surface area contributed by atoms with Crippen LogP contribution in [-0.2, 0) is 11.3 Å². The quantitative estimate of drug-likeness (QED) is 0.511. The maximum absolute atomic E-state index is 13.2. The van der Waals surface area contributed by atoms with E-state index in [1.165, 1.54) is 0 Å². The van der Waals surface area contributed by atoms with Crippen molar-refractivity contribution >= 4 is 27.9 Å². The first kappa shape index (κ1) is 28.0. The van der Waals surface area contributed by atoms with E-state index in [1.807, 2.05) is 54.5 Å². The van der Waals surface area contributed by atoms with Gasteiger partial charge in [-0.05, 0) is 88.0 Å². The Labute approximate surface area is 231 Å². The molecule has 206 valence electrons. The molecule has 2 aromatic rings. The van der Waals surface area contributed by atoms with Crippen molar-refractivity contribution in [1.82, 2.24) is 15.2 Å². The van der Waals surface area contributed by atoms with E-state index in [9.17, 15) is 14.4 Å². The molecular formula is C28H36BrN3O6. The molecule has 2 aliphatic heterocycles. The molecule has 2 aliphatic rings. The van der Waals surface area contributed by atoms with Gasteiger partial charge in [-0.25, -0.2) is 4.79 Å². The normalized spacial score (nSPS) is 19.4. The maximum Gasteiger partial charge on any atom is 0.410 e. The van der Waals surface area contributed by atoms with Crippen molar-refractivity contribution in [1.29, 1.82) is 0 Å². The molecule has 2 amide bonds. The van der Waals surface area contributed by atoms with Crippen molar-refractivity contribution in [3.05, 3.63) is 54.9 Å². The number of nitrogens with one attached hydrogen (secondary N) is 2. The molecule has 0 saturated carbocycles. The number of likely N-dealkylation sites (tertiary alicyclic amines) is 1. The maximum atomic E-state index is 13.2. The largest absolute Gasteiger partial charge is 0.448 e. The molecule has 3 heterocycles. The van der Waals surface area contributed by atoms with Crippen molar-refractivity contribution in [2.24, 2.45) is 5.92 Å². The molecule has 0 bridgehead atoms. The number of amides is 2. The first-order chi connectivity index (χ1) is 17.7. The van der Waals surface area contributed by atoms with Crippen molar-refractivity contribution in [3.63, 3.8) is 0 Å². The minimum absolute atomic E-state index is 0.0356. The number of aromatic nitrogens is 1. The van der Waals surface area contributed by atoms with Crippen molar-refractivity contribution in [2.75, 3.05) is 13.1 Å². The van der Waals surface area contributed by atoms with Gasteiger partial charge in [0.1, 0.15) is 5.60 Å². The summed E-state index contributed by atoms with van der Waals surface area (Å²) in [6.45, 7) is 14.2. The summed E-state index contributed by atoms with van der Waals surface area (Å²) < 4.78 is 18.9. The Bertz CT molecular complexity index is 1320. The molecule has 0 unspecified atom stereocenters. The number of H-pyrrole nitrogens is 1. The molecule has 2 N–H and O–H groups in total. The van der Waals surface area contributed by atoms with E-state index in [4.69, 9.17) is 14.2 Å². The second-order valence-electron chi connectivity index (χ2n) is 11.3. The molecule has 0 aliphatic carbocycles. The number of pyridine rings is 1. The summed E-state index contributed by atoms with van der Waals surface area (Å²) in [5.41, 5.74) is 2.46. The number of benzene rings is 1. The first-order valence-corrected chi connectivity index (χ1v) is 13.6. The fourth-order valence-corrected chi connectivity index (χ4v) is 5.52. The Kier molecular flexibility index (Phi) is 7.58. The minimum atomic E-state index is -0.933. The molecule has 1 aromatic heterocycles. The average molecular weight is 591 g/mol. The van der Waals surface area contributed by atoms with E-state index in [0.717, 1.165) is 11.3 Å². The molecule has 1 aromatic carbocycles. The van der Waals surface area contributed by atoms with Crippen LogP contribution in [0.4, 0.5) is 4.79 Å². The summed E-state index contributed by atoms with van der Waals surface area (Å²) in [4.78, 5) is 42.5. The number of hydrogen-bond donors (Lipinski definition) is 2. The second-order valence-corrected chi connectivity index (χ2v) is 12.1. The van der Waals surface area contributed by atoms with E-state index in [0.29, 0.717) is 58.6 Å². The smallest absolute Gasteiger partial charge is 0.410 e. The highest BCUT2D eigenvalue weighted by Gasteiger charge is 2.47. The van der Waals surface area contributed by atoms with Gasteiger partial charge in [0.2, 0.25) is 0 Å². The van der Waals surface area contributed by atoms with Crippen LogP contribution in [0.25, 0.3) is 0 Å². The molecule has 0 spiro atoms. The highest BCUT2D eigenvalue weighted by molar-refractivity contribution is 9.10. The van der Waals surface area contributed by atoms with Crippen molar-refractivity contribution in [2.45, 2.75) is 79.2 Å². The third-order valence-corrected chi connectivity index (χ3v) is 7.69. The zero-order chi connectivity index (χ0) is 28.0.